The van der Waals surface area contributed by atoms with Gasteiger partial charge in [0.1, 0.15) is 11.4 Å². The van der Waals surface area contributed by atoms with Crippen molar-refractivity contribution in [1.82, 2.24) is 14.7 Å². The predicted molar refractivity (Wildman–Crippen MR) is 97.5 cm³/mol. The van der Waals surface area contributed by atoms with Gasteiger partial charge in [0.05, 0.1) is 17.4 Å². The van der Waals surface area contributed by atoms with Crippen LogP contribution in [0, 0.1) is 5.41 Å². The highest BCUT2D eigenvalue weighted by Crippen LogP contribution is 2.32. The second-order valence-corrected chi connectivity index (χ2v) is 6.98. The van der Waals surface area contributed by atoms with Crippen molar-refractivity contribution in [3.8, 4) is 17.1 Å². The Hall–Kier alpha value is -3.35. The summed E-state index contributed by atoms with van der Waals surface area (Å²) in [5.41, 5.74) is 0.755. The van der Waals surface area contributed by atoms with E-state index in [-0.39, 0.29) is 12.5 Å². The third-order valence-corrected chi connectivity index (χ3v) is 4.98. The van der Waals surface area contributed by atoms with Crippen LogP contribution in [0.2, 0.25) is 0 Å². The van der Waals surface area contributed by atoms with E-state index < -0.39 is 11.4 Å². The van der Waals surface area contributed by atoms with Crippen LogP contribution in [0.1, 0.15) is 23.8 Å². The van der Waals surface area contributed by atoms with E-state index in [1.54, 1.807) is 41.0 Å². The fourth-order valence-electron chi connectivity index (χ4n) is 3.32. The minimum absolute atomic E-state index is 0.178. The van der Waals surface area contributed by atoms with Crippen LogP contribution in [0.25, 0.3) is 17.1 Å². The van der Waals surface area contributed by atoms with Gasteiger partial charge in [-0.25, -0.2) is 4.68 Å². The number of benzene rings is 1. The highest BCUT2D eigenvalue weighted by Gasteiger charge is 2.43. The lowest BCUT2D eigenvalue weighted by molar-refractivity contribution is -0.147. The smallest absolute Gasteiger partial charge is 0.311 e. The van der Waals surface area contributed by atoms with Crippen molar-refractivity contribution in [2.45, 2.75) is 13.3 Å². The minimum atomic E-state index is -0.920. The summed E-state index contributed by atoms with van der Waals surface area (Å²) in [7, 11) is 0. The Morgan fingerprint density at radius 1 is 1.19 bits per heavy atom. The Labute approximate surface area is 155 Å². The monoisotopic (exact) mass is 365 g/mol. The molecule has 0 bridgehead atoms. The maximum Gasteiger partial charge on any atom is 0.311 e. The predicted octanol–water partition coefficient (Wildman–Crippen LogP) is 3.07. The van der Waals surface area contributed by atoms with Gasteiger partial charge in [-0.2, -0.15) is 5.10 Å². The van der Waals surface area contributed by atoms with E-state index in [1.807, 2.05) is 30.3 Å². The number of carbonyl (C=O) groups excluding carboxylic acids is 1. The zero-order valence-corrected chi connectivity index (χ0v) is 14.8. The van der Waals surface area contributed by atoms with E-state index in [4.69, 9.17) is 4.42 Å². The molecule has 0 spiro atoms. The molecule has 1 atom stereocenters. The number of aromatic nitrogens is 2. The number of furan rings is 1. The van der Waals surface area contributed by atoms with Crippen LogP contribution in [-0.2, 0) is 4.79 Å². The van der Waals surface area contributed by atoms with Gasteiger partial charge in [-0.1, -0.05) is 18.2 Å². The molecule has 3 heterocycles. The number of likely N-dealkylation sites (tertiary alicyclic amines) is 1. The van der Waals surface area contributed by atoms with Crippen molar-refractivity contribution in [1.29, 1.82) is 0 Å². The lowest BCUT2D eigenvalue weighted by Gasteiger charge is -2.20. The molecular weight excluding hydrogens is 346 g/mol. The summed E-state index contributed by atoms with van der Waals surface area (Å²) in [6.07, 6.45) is 1.98. The average Bonchev–Trinajstić information content (AvgIpc) is 3.41. The summed E-state index contributed by atoms with van der Waals surface area (Å²) in [5, 5.41) is 14.0. The largest absolute Gasteiger partial charge is 0.481 e. The summed E-state index contributed by atoms with van der Waals surface area (Å²) in [5.74, 6) is -0.560. The van der Waals surface area contributed by atoms with E-state index in [0.29, 0.717) is 30.1 Å². The Balaban J connectivity index is 1.73. The van der Waals surface area contributed by atoms with Crippen molar-refractivity contribution < 1.29 is 19.1 Å². The van der Waals surface area contributed by atoms with Crippen molar-refractivity contribution in [3.05, 3.63) is 60.5 Å². The van der Waals surface area contributed by atoms with E-state index in [1.165, 1.54) is 0 Å². The van der Waals surface area contributed by atoms with Crippen molar-refractivity contribution in [2.75, 3.05) is 13.1 Å². The lowest BCUT2D eigenvalue weighted by atomic mass is 9.90. The van der Waals surface area contributed by atoms with Crippen molar-refractivity contribution >= 4 is 11.9 Å². The van der Waals surface area contributed by atoms with Gasteiger partial charge in [-0.05, 0) is 37.6 Å². The zero-order chi connectivity index (χ0) is 19.0. The number of aliphatic carboxylic acids is 1. The molecule has 1 aliphatic heterocycles. The first kappa shape index (κ1) is 17.1. The molecule has 1 aromatic carbocycles. The quantitative estimate of drug-likeness (QED) is 0.768. The number of amides is 1. The molecule has 1 fully saturated rings. The molecule has 7 heteroatoms. The van der Waals surface area contributed by atoms with Gasteiger partial charge in [0.15, 0.2) is 5.76 Å². The number of para-hydroxylation sites is 1. The second kappa shape index (κ2) is 6.42. The number of carboxylic acids is 1. The van der Waals surface area contributed by atoms with Gasteiger partial charge in [-0.3, -0.25) is 9.59 Å². The van der Waals surface area contributed by atoms with Crippen LogP contribution < -0.4 is 0 Å². The molecule has 1 amide bonds. The third kappa shape index (κ3) is 3.01. The molecule has 0 radical (unpaired) electrons. The first-order valence-corrected chi connectivity index (χ1v) is 8.70. The molecule has 3 aromatic rings. The summed E-state index contributed by atoms with van der Waals surface area (Å²) in [6, 6.07) is 14.6. The fraction of sp³-hybridized carbons (Fsp3) is 0.250. The van der Waals surface area contributed by atoms with Gasteiger partial charge in [0, 0.05) is 19.2 Å². The molecule has 0 aliphatic carbocycles. The number of hydrogen-bond acceptors (Lipinski definition) is 4. The van der Waals surface area contributed by atoms with Gasteiger partial charge in [-0.15, -0.1) is 0 Å². The minimum Gasteiger partial charge on any atom is -0.481 e. The number of hydrogen-bond donors (Lipinski definition) is 1. The highest BCUT2D eigenvalue weighted by atomic mass is 16.4. The summed E-state index contributed by atoms with van der Waals surface area (Å²) < 4.78 is 7.00. The normalized spacial score (nSPS) is 19.4. The fourth-order valence-corrected chi connectivity index (χ4v) is 3.32. The molecule has 4 rings (SSSR count). The topological polar surface area (TPSA) is 88.6 Å². The van der Waals surface area contributed by atoms with Gasteiger partial charge >= 0.3 is 5.97 Å². The molecule has 27 heavy (non-hydrogen) atoms. The Kier molecular flexibility index (Phi) is 4.07. The second-order valence-electron chi connectivity index (χ2n) is 6.98. The van der Waals surface area contributed by atoms with Gasteiger partial charge < -0.3 is 14.4 Å². The van der Waals surface area contributed by atoms with E-state index in [2.05, 4.69) is 5.10 Å². The van der Waals surface area contributed by atoms with Gasteiger partial charge in [0.2, 0.25) is 0 Å². The highest BCUT2D eigenvalue weighted by molar-refractivity contribution is 5.95. The molecule has 1 aliphatic rings. The number of carboxylic acid groups (broad SMARTS) is 1. The maximum atomic E-state index is 13.2. The first-order chi connectivity index (χ1) is 13.0. The third-order valence-electron chi connectivity index (χ3n) is 4.98. The number of nitrogens with zero attached hydrogens (tertiary/aromatic N) is 3. The molecule has 1 unspecified atom stereocenters. The standard InChI is InChI=1S/C20H19N3O4/c1-20(19(25)26)9-10-22(13-20)18(24)16-12-15(17-8-5-11-27-17)21-23(16)14-6-3-2-4-7-14/h2-8,11-12H,9-10,13H2,1H3,(H,25,26). The Morgan fingerprint density at radius 3 is 2.59 bits per heavy atom. The van der Waals surface area contributed by atoms with Crippen LogP contribution in [-0.4, -0.2) is 44.8 Å². The van der Waals surface area contributed by atoms with Crippen molar-refractivity contribution in [2.24, 2.45) is 5.41 Å². The molecular formula is C20H19N3O4. The van der Waals surface area contributed by atoms with Crippen LogP contribution in [0.15, 0.2) is 59.2 Å². The summed E-state index contributed by atoms with van der Waals surface area (Å²) in [4.78, 5) is 26.3. The van der Waals surface area contributed by atoms with Gasteiger partial charge in [0.25, 0.3) is 5.91 Å². The zero-order valence-electron chi connectivity index (χ0n) is 14.8. The Bertz CT molecular complexity index is 978. The summed E-state index contributed by atoms with van der Waals surface area (Å²) in [6.45, 7) is 2.25. The lowest BCUT2D eigenvalue weighted by Crippen LogP contribution is -2.35. The number of carbonyl (C=O) groups is 2. The first-order valence-electron chi connectivity index (χ1n) is 8.70. The van der Waals surface area contributed by atoms with E-state index >= 15 is 0 Å². The molecule has 7 nitrogen and oxygen atoms in total. The van der Waals surface area contributed by atoms with E-state index in [9.17, 15) is 14.7 Å². The molecule has 0 saturated carbocycles. The molecule has 1 saturated heterocycles. The molecule has 138 valence electrons. The molecule has 2 aromatic heterocycles. The summed E-state index contributed by atoms with van der Waals surface area (Å²) >= 11 is 0. The van der Waals surface area contributed by atoms with Crippen LogP contribution >= 0.6 is 0 Å². The van der Waals surface area contributed by atoms with Crippen LogP contribution in [0.4, 0.5) is 0 Å². The number of rotatable bonds is 4. The average molecular weight is 365 g/mol. The van der Waals surface area contributed by atoms with Crippen LogP contribution in [0.3, 0.4) is 0 Å². The van der Waals surface area contributed by atoms with E-state index in [0.717, 1.165) is 5.69 Å². The Morgan fingerprint density at radius 2 is 1.96 bits per heavy atom. The van der Waals surface area contributed by atoms with Crippen LogP contribution in [0.5, 0.6) is 0 Å². The maximum absolute atomic E-state index is 13.2. The van der Waals surface area contributed by atoms with Crippen molar-refractivity contribution in [3.63, 3.8) is 0 Å². The molecule has 1 N–H and O–H groups in total. The SMILES string of the molecule is CC1(C(=O)O)CCN(C(=O)c2cc(-c3ccco3)nn2-c2ccccc2)C1.